The summed E-state index contributed by atoms with van der Waals surface area (Å²) in [6.07, 6.45) is 8.50. The van der Waals surface area contributed by atoms with Crippen LogP contribution in [0.25, 0.3) is 39.2 Å². The Hall–Kier alpha value is -4.51. The Morgan fingerprint density at radius 3 is 2.41 bits per heavy atom. The summed E-state index contributed by atoms with van der Waals surface area (Å²) in [5, 5.41) is 7.19. The van der Waals surface area contributed by atoms with Crippen LogP contribution in [0.15, 0.2) is 71.9 Å². The predicted octanol–water partition coefficient (Wildman–Crippen LogP) is 5.19. The van der Waals surface area contributed by atoms with Gasteiger partial charge in [0.2, 0.25) is 5.91 Å². The zero-order valence-corrected chi connectivity index (χ0v) is 26.5. The summed E-state index contributed by atoms with van der Waals surface area (Å²) >= 11 is 14.1. The lowest BCUT2D eigenvalue weighted by Crippen LogP contribution is -2.38. The summed E-state index contributed by atoms with van der Waals surface area (Å²) in [4.78, 5) is 40.6. The molecule has 2 saturated heterocycles. The quantitative estimate of drug-likeness (QED) is 0.223. The molecular weight excluding hydrogens is 625 g/mol. The van der Waals surface area contributed by atoms with Gasteiger partial charge in [-0.05, 0) is 24.1 Å². The van der Waals surface area contributed by atoms with Gasteiger partial charge in [0.05, 0.1) is 29.0 Å². The molecular formula is C34H30Cl2N7O3. The van der Waals surface area contributed by atoms with Crippen LogP contribution < -0.4 is 25.8 Å². The number of hydrogen-bond acceptors (Lipinski definition) is 8. The molecule has 5 heterocycles. The van der Waals surface area contributed by atoms with Gasteiger partial charge in [0.1, 0.15) is 5.65 Å². The van der Waals surface area contributed by atoms with Crippen LogP contribution in [0.5, 0.6) is 5.88 Å². The fraction of sp³-hybridized carbons (Fsp3) is 0.235. The van der Waals surface area contributed by atoms with Gasteiger partial charge in [-0.3, -0.25) is 14.0 Å². The van der Waals surface area contributed by atoms with Crippen LogP contribution in [-0.4, -0.2) is 58.0 Å². The largest absolute Gasteiger partial charge is 0.478 e. The van der Waals surface area contributed by atoms with Crippen LogP contribution >= 0.6 is 23.2 Å². The molecule has 2 aliphatic heterocycles. The highest BCUT2D eigenvalue weighted by atomic mass is 35.5. The number of anilines is 1. The molecule has 2 fully saturated rings. The van der Waals surface area contributed by atoms with Crippen LogP contribution in [0.4, 0.5) is 5.82 Å². The molecule has 10 nitrogen and oxygen atoms in total. The van der Waals surface area contributed by atoms with E-state index in [1.54, 1.807) is 25.7 Å². The maximum atomic E-state index is 13.2. The molecule has 12 heteroatoms. The van der Waals surface area contributed by atoms with Gasteiger partial charge in [0.25, 0.3) is 11.4 Å². The number of benzene rings is 2. The number of nitrogens with zero attached hydrogens (tertiary/aromatic N) is 5. The number of carbonyl (C=O) groups excluding carboxylic acids is 1. The third kappa shape index (κ3) is 5.68. The highest BCUT2D eigenvalue weighted by molar-refractivity contribution is 6.39. The maximum absolute atomic E-state index is 13.2. The third-order valence-corrected chi connectivity index (χ3v) is 9.18. The van der Waals surface area contributed by atoms with Crippen molar-refractivity contribution >= 4 is 40.6 Å². The molecule has 0 saturated carbocycles. The maximum Gasteiger partial charge on any atom is 0.262 e. The predicted molar refractivity (Wildman–Crippen MR) is 179 cm³/mol. The fourth-order valence-corrected chi connectivity index (χ4v) is 6.46. The van der Waals surface area contributed by atoms with E-state index in [2.05, 4.69) is 31.9 Å². The minimum Gasteiger partial charge on any atom is -0.478 e. The van der Waals surface area contributed by atoms with E-state index in [4.69, 9.17) is 32.9 Å². The average molecular weight is 656 g/mol. The highest BCUT2D eigenvalue weighted by Crippen LogP contribution is 2.42. The molecule has 2 N–H and O–H groups in total. The van der Waals surface area contributed by atoms with Crippen LogP contribution in [0.1, 0.15) is 18.4 Å². The zero-order valence-electron chi connectivity index (χ0n) is 25.0. The Morgan fingerprint density at radius 1 is 0.978 bits per heavy atom. The molecule has 2 aromatic carbocycles. The topological polar surface area (TPSA) is 114 Å². The van der Waals surface area contributed by atoms with Gasteiger partial charge < -0.3 is 20.3 Å². The summed E-state index contributed by atoms with van der Waals surface area (Å²) in [5.41, 5.74) is 5.28. The van der Waals surface area contributed by atoms with Crippen LogP contribution in [0.2, 0.25) is 10.0 Å². The first-order valence-electron chi connectivity index (χ1n) is 15.0. The fourth-order valence-electron chi connectivity index (χ4n) is 5.79. The van der Waals surface area contributed by atoms with E-state index in [1.165, 1.54) is 4.40 Å². The molecule has 0 aliphatic carbocycles. The second kappa shape index (κ2) is 12.7. The van der Waals surface area contributed by atoms with E-state index in [0.717, 1.165) is 41.8 Å². The number of nitrogens with one attached hydrogen (secondary N) is 2. The molecule has 1 atom stereocenters. The molecule has 3 aromatic heterocycles. The summed E-state index contributed by atoms with van der Waals surface area (Å²) in [7, 11) is 1.58. The molecule has 1 amide bonds. The van der Waals surface area contributed by atoms with Gasteiger partial charge in [-0.2, -0.15) is 0 Å². The number of fused-ring (bicyclic) bond motifs is 1. The third-order valence-electron chi connectivity index (χ3n) is 8.36. The monoisotopic (exact) mass is 654 g/mol. The standard InChI is InChI=1S/C34H30Cl2N7O3/c1-46-33-32(42-12-4-13-42)39-19-27(41-33)26-8-3-7-25(31(26)36)24-6-2-5-23(30(24)35)20-11-14-43-28(15-20)38-17-21(34(43)45)16-37-18-22-9-10-29(44)40-22/h2-8,11,14-15,17,19,22,37H,9-10,12-13,16,18H2,1H3,(H,40,44)/t22-/m0/s1. The van der Waals surface area contributed by atoms with Crippen LogP contribution in [0, 0.1) is 6.42 Å². The number of rotatable bonds is 9. The summed E-state index contributed by atoms with van der Waals surface area (Å²) in [6.45, 7) is 2.57. The van der Waals surface area contributed by atoms with Crippen molar-refractivity contribution in [3.63, 3.8) is 0 Å². The molecule has 1 radical (unpaired) electrons. The van der Waals surface area contributed by atoms with E-state index in [-0.39, 0.29) is 17.5 Å². The van der Waals surface area contributed by atoms with Crippen molar-refractivity contribution in [2.45, 2.75) is 25.4 Å². The SMILES string of the molecule is COc1nc(-c2cccc(-c3cccc(-c4ccn5c(=O)c(CNC[C@@H]6CCC(=O)N6)cnc5c4)c3Cl)c2Cl)cnc1N1C[CH]C1. The Labute approximate surface area is 275 Å². The van der Waals surface area contributed by atoms with Crippen LogP contribution in [0.3, 0.4) is 0 Å². The number of carbonyl (C=O) groups is 1. The normalized spacial score (nSPS) is 16.0. The first-order valence-corrected chi connectivity index (χ1v) is 15.7. The average Bonchev–Trinajstić information content (AvgIpc) is 3.46. The number of ether oxygens (including phenoxy) is 1. The van der Waals surface area contributed by atoms with E-state index in [9.17, 15) is 9.59 Å². The van der Waals surface area contributed by atoms with Crippen molar-refractivity contribution < 1.29 is 9.53 Å². The number of pyridine rings is 1. The van der Waals surface area contributed by atoms with Crippen molar-refractivity contribution in [3.8, 4) is 39.4 Å². The summed E-state index contributed by atoms with van der Waals surface area (Å²) in [6, 6.07) is 15.3. The number of aromatic nitrogens is 4. The van der Waals surface area contributed by atoms with Crippen molar-refractivity contribution in [2.75, 3.05) is 31.6 Å². The number of methoxy groups -OCH3 is 1. The van der Waals surface area contributed by atoms with E-state index in [0.29, 0.717) is 63.7 Å². The first-order chi connectivity index (χ1) is 22.4. The Balaban J connectivity index is 1.16. The summed E-state index contributed by atoms with van der Waals surface area (Å²) in [5.74, 6) is 1.21. The number of amides is 1. The van der Waals surface area contributed by atoms with Crippen LogP contribution in [-0.2, 0) is 11.3 Å². The van der Waals surface area contributed by atoms with Gasteiger partial charge in [-0.15, -0.1) is 0 Å². The molecule has 0 spiro atoms. The van der Waals surface area contributed by atoms with Gasteiger partial charge in [0, 0.05) is 85.3 Å². The van der Waals surface area contributed by atoms with Gasteiger partial charge in [-0.1, -0.05) is 59.6 Å². The molecule has 2 aliphatic rings. The highest BCUT2D eigenvalue weighted by Gasteiger charge is 2.23. The van der Waals surface area contributed by atoms with Crippen molar-refractivity contribution in [1.82, 2.24) is 30.0 Å². The lowest BCUT2D eigenvalue weighted by Gasteiger charge is -2.32. The number of halogens is 2. The van der Waals surface area contributed by atoms with Gasteiger partial charge in [0.15, 0.2) is 5.82 Å². The minimum absolute atomic E-state index is 0.0653. The molecule has 7 rings (SSSR count). The van der Waals surface area contributed by atoms with E-state index in [1.807, 2.05) is 48.5 Å². The molecule has 5 aromatic rings. The zero-order chi connectivity index (χ0) is 31.8. The lowest BCUT2D eigenvalue weighted by molar-refractivity contribution is -0.119. The second-order valence-electron chi connectivity index (χ2n) is 11.3. The molecule has 0 unspecified atom stereocenters. The number of hydrogen-bond donors (Lipinski definition) is 2. The first kappa shape index (κ1) is 30.2. The Kier molecular flexibility index (Phi) is 8.33. The minimum atomic E-state index is -0.154. The van der Waals surface area contributed by atoms with Crippen molar-refractivity contribution in [3.05, 3.63) is 99.5 Å². The van der Waals surface area contributed by atoms with Gasteiger partial charge in [-0.25, -0.2) is 15.0 Å². The molecule has 233 valence electrons. The Morgan fingerprint density at radius 2 is 1.72 bits per heavy atom. The Bertz CT molecular complexity index is 2030. The molecule has 0 bridgehead atoms. The smallest absolute Gasteiger partial charge is 0.262 e. The van der Waals surface area contributed by atoms with Gasteiger partial charge >= 0.3 is 0 Å². The summed E-state index contributed by atoms with van der Waals surface area (Å²) < 4.78 is 7.08. The molecule has 46 heavy (non-hydrogen) atoms. The lowest BCUT2D eigenvalue weighted by atomic mass is 9.97. The van der Waals surface area contributed by atoms with E-state index >= 15 is 0 Å². The van der Waals surface area contributed by atoms with Crippen molar-refractivity contribution in [2.24, 2.45) is 0 Å². The van der Waals surface area contributed by atoms with E-state index < -0.39 is 0 Å². The van der Waals surface area contributed by atoms with Crippen molar-refractivity contribution in [1.29, 1.82) is 0 Å². The second-order valence-corrected chi connectivity index (χ2v) is 12.0.